The number of hydrogen-bond donors (Lipinski definition) is 4. The molecule has 14 nitrogen and oxygen atoms in total. The van der Waals surface area contributed by atoms with Gasteiger partial charge in [-0.1, -0.05) is 0 Å². The van der Waals surface area contributed by atoms with Gasteiger partial charge in [0, 0.05) is 65.7 Å². The Bertz CT molecular complexity index is 492. The second-order valence-corrected chi connectivity index (χ2v) is 7.51. The summed E-state index contributed by atoms with van der Waals surface area (Å²) in [6.45, 7) is 2.60. The fourth-order valence-electron chi connectivity index (χ4n) is 1.95. The van der Waals surface area contributed by atoms with Crippen molar-refractivity contribution in [1.82, 2.24) is 0 Å². The van der Waals surface area contributed by atoms with Gasteiger partial charge >= 0.3 is 0 Å². The molecule has 0 aliphatic heterocycles. The third kappa shape index (κ3) is 62.5. The molecule has 17 heteroatoms. The van der Waals surface area contributed by atoms with Crippen molar-refractivity contribution in [2.75, 3.05) is 66.1 Å². The van der Waals surface area contributed by atoms with Crippen LogP contribution in [0.4, 0.5) is 0 Å². The van der Waals surface area contributed by atoms with Crippen LogP contribution in [0.3, 0.4) is 0 Å². The maximum atomic E-state index is 9.05. The number of nitrogens with zero attached hydrogens (tertiary/aromatic N) is 2. The van der Waals surface area contributed by atoms with Crippen LogP contribution >= 0.6 is 0 Å². The zero-order valence-electron chi connectivity index (χ0n) is 25.5. The topological polar surface area (TPSA) is 202 Å². The summed E-state index contributed by atoms with van der Waals surface area (Å²) in [5.74, 6) is 0. The third-order valence-corrected chi connectivity index (χ3v) is 3.64. The van der Waals surface area contributed by atoms with Crippen molar-refractivity contribution in [2.45, 2.75) is 50.1 Å². The summed E-state index contributed by atoms with van der Waals surface area (Å²) in [5.41, 5.74) is 0. The Kier molecular flexibility index (Phi) is 63.9. The van der Waals surface area contributed by atoms with Crippen LogP contribution in [0.1, 0.15) is 25.7 Å². The molecule has 0 heterocycles. The molecule has 0 amide bonds. The van der Waals surface area contributed by atoms with Gasteiger partial charge in [0.1, 0.15) is 0 Å². The molecular weight excluding hydrogens is 1330 g/mol. The van der Waals surface area contributed by atoms with Crippen LogP contribution in [0, 0.1) is 65.3 Å². The Labute approximate surface area is 240 Å². The van der Waals surface area contributed by atoms with E-state index in [1.165, 1.54) is 0 Å². The van der Waals surface area contributed by atoms with E-state index in [-0.39, 0.29) is 52.9 Å². The van der Waals surface area contributed by atoms with Crippen LogP contribution in [0.25, 0.3) is 0 Å². The van der Waals surface area contributed by atoms with Gasteiger partial charge in [-0.2, -0.15) is 10.5 Å². The summed E-state index contributed by atoms with van der Waals surface area (Å²) in [7, 11) is 18.5. The van der Waals surface area contributed by atoms with Crippen molar-refractivity contribution in [3.05, 3.63) is 42.7 Å². The van der Waals surface area contributed by atoms with Gasteiger partial charge in [-0.3, -0.25) is 0 Å². The van der Waals surface area contributed by atoms with E-state index in [0.717, 1.165) is 0 Å². The maximum Gasteiger partial charge on any atom is 0.0976 e. The van der Waals surface area contributed by atoms with E-state index in [1.807, 2.05) is 12.1 Å². The first-order chi connectivity index (χ1) is 19.2. The first-order valence-corrected chi connectivity index (χ1v) is 12.1. The van der Waals surface area contributed by atoms with E-state index in [1.54, 1.807) is 0 Å². The zero-order chi connectivity index (χ0) is 31.3. The van der Waals surface area contributed by atoms with Gasteiger partial charge in [-0.25, -0.2) is 42.7 Å². The Hall–Kier alpha value is -4.50. The average molecular weight is 1380 g/mol. The SMILES string of the molecule is [CH2-]OCC(O)COCCCC#N.[CH2-]OCC(O)COCCCC#N.[CH2-]OCC(O)CO[CH2-].[CH2-]OCC(O)CO[CH2-].[Rf].[Rf].[Rf]. The minimum atomic E-state index is -0.621. The molecule has 0 aromatic rings. The molecule has 0 bridgehead atoms. The normalized spacial score (nSPS) is 10.8. The minimum absolute atomic E-state index is 0. The summed E-state index contributed by atoms with van der Waals surface area (Å²) in [6, 6.07) is 4.01. The molecule has 4 N–H and O–H groups in total. The molecule has 0 rings (SSSR count). The quantitative estimate of drug-likeness (QED) is 0.0880. The van der Waals surface area contributed by atoms with Crippen LogP contribution in [0.2, 0.25) is 0 Å². The predicted molar refractivity (Wildman–Crippen MR) is 143 cm³/mol. The number of rotatable bonds is 22. The summed E-state index contributed by atoms with van der Waals surface area (Å²) in [5, 5.41) is 51.9. The van der Waals surface area contributed by atoms with Crippen molar-refractivity contribution in [2.24, 2.45) is 0 Å². The maximum absolute atomic E-state index is 9.05. The van der Waals surface area contributed by atoms with Crippen molar-refractivity contribution in [3.63, 3.8) is 0 Å². The van der Waals surface area contributed by atoms with Gasteiger partial charge in [0.05, 0.1) is 49.8 Å². The smallest absolute Gasteiger partial charge is 0.0976 e. The van der Waals surface area contributed by atoms with Crippen molar-refractivity contribution in [3.8, 4) is 12.1 Å². The molecule has 246 valence electrons. The van der Waals surface area contributed by atoms with E-state index in [9.17, 15) is 0 Å². The van der Waals surface area contributed by atoms with Gasteiger partial charge < -0.3 is 58.3 Å². The molecule has 0 spiro atoms. The van der Waals surface area contributed by atoms with Gasteiger partial charge in [0.2, 0.25) is 0 Å². The van der Waals surface area contributed by atoms with Crippen molar-refractivity contribution >= 4 is 0 Å². The third-order valence-electron chi connectivity index (χ3n) is 3.64. The van der Waals surface area contributed by atoms with Crippen LogP contribution < -0.4 is 0 Å². The van der Waals surface area contributed by atoms with Crippen LogP contribution in [-0.2, 0) is 37.9 Å². The Morgan fingerprint density at radius 3 is 0.837 bits per heavy atom. The molecule has 0 aromatic carbocycles. The van der Waals surface area contributed by atoms with Gasteiger partial charge in [-0.05, 0) is 12.8 Å². The Balaban J connectivity index is -0.0000000799. The van der Waals surface area contributed by atoms with E-state index in [4.69, 9.17) is 40.4 Å². The molecule has 0 radical (unpaired) electrons. The van der Waals surface area contributed by atoms with E-state index in [0.29, 0.717) is 38.9 Å². The molecule has 0 saturated carbocycles. The molecule has 0 aromatic heterocycles. The summed E-state index contributed by atoms with van der Waals surface area (Å²) in [4.78, 5) is 0. The van der Waals surface area contributed by atoms with Gasteiger partial charge in [0.25, 0.3) is 0 Å². The molecule has 43 heavy (non-hydrogen) atoms. The Morgan fingerprint density at radius 2 is 0.651 bits per heavy atom. The fraction of sp³-hybridized carbons (Fsp3) is 0.692. The van der Waals surface area contributed by atoms with Gasteiger partial charge in [0.15, 0.2) is 0 Å². The second kappa shape index (κ2) is 50.3. The molecule has 0 aliphatic carbocycles. The summed E-state index contributed by atoms with van der Waals surface area (Å²) >= 11 is 0. The standard InChI is InChI=1S/2C8H14NO3.2C5H10O3.3Rf/c2*1-11-6-8(10)7-12-5-3-2-4-9;2*1-7-3-5(6)4-8-2;;;/h2*8,10H,1-3,5-7H2;2*5-6H,1-4H2;;;/q2*-1;2*-2;;;. The first kappa shape index (κ1) is 54.6. The second-order valence-electron chi connectivity index (χ2n) is 7.51. The predicted octanol–water partition coefficient (Wildman–Crippen LogP) is 0.879. The molecule has 2 unspecified atom stereocenters. The largest absolute Gasteiger partial charge is 0.553 e. The molecule has 0 saturated heterocycles. The van der Waals surface area contributed by atoms with Gasteiger partial charge in [-0.15, -0.1) is 0 Å². The minimum Gasteiger partial charge on any atom is -0.553 e. The Morgan fingerprint density at radius 1 is 0.442 bits per heavy atom. The monoisotopic (exact) mass is 1380 g/mol. The van der Waals surface area contributed by atoms with Crippen LogP contribution in [0.15, 0.2) is 0 Å². The van der Waals surface area contributed by atoms with Crippen LogP contribution in [-0.4, -0.2) is 111 Å². The molecule has 2 atom stereocenters. The number of aliphatic hydroxyl groups excluding tert-OH is 4. The summed E-state index contributed by atoms with van der Waals surface area (Å²) < 4.78 is 36.4. The van der Waals surface area contributed by atoms with E-state index < -0.39 is 24.4 Å². The molecule has 0 aliphatic rings. The van der Waals surface area contributed by atoms with Crippen molar-refractivity contribution < 1.29 is 58.3 Å². The number of unbranched alkanes of at least 4 members (excludes halogenated alkanes) is 2. The summed E-state index contributed by atoms with van der Waals surface area (Å²) in [6.07, 6.45) is -0.0728. The zero-order valence-corrected chi connectivity index (χ0v) is 44.7. The first-order valence-electron chi connectivity index (χ1n) is 12.1. The number of ether oxygens (including phenoxy) is 8. The number of nitriles is 2. The number of aliphatic hydroxyl groups is 4. The van der Waals surface area contributed by atoms with Crippen molar-refractivity contribution in [1.29, 1.82) is 10.5 Å². The molecular formula is C26H48N2O12Rf3-6. The van der Waals surface area contributed by atoms with E-state index in [2.05, 4.69) is 71.1 Å². The van der Waals surface area contributed by atoms with Crippen LogP contribution in [0.5, 0.6) is 0 Å². The number of hydrogen-bond acceptors (Lipinski definition) is 14. The average Bonchev–Trinajstić information content (AvgIpc) is 2.91. The molecule has 0 fully saturated rings. The fourth-order valence-corrected chi connectivity index (χ4v) is 1.95. The van der Waals surface area contributed by atoms with E-state index >= 15 is 0 Å².